The van der Waals surface area contributed by atoms with Gasteiger partial charge in [-0.05, 0) is 18.9 Å². The molecule has 4 N–H and O–H groups in total. The number of primary amides is 1. The molecule has 1 heterocycles. The number of hydrogen-bond acceptors (Lipinski definition) is 3. The molecule has 0 radical (unpaired) electrons. The fraction of sp³-hybridized carbons (Fsp3) is 0.500. The molecule has 0 fully saturated rings. The second kappa shape index (κ2) is 7.83. The number of nitrogens with two attached hydrogens (primary N) is 1. The van der Waals surface area contributed by atoms with Crippen LogP contribution in [0.1, 0.15) is 26.7 Å². The summed E-state index contributed by atoms with van der Waals surface area (Å²) in [5, 5.41) is 8.25. The number of amides is 3. The second-order valence-corrected chi connectivity index (χ2v) is 4.78. The molecule has 0 atom stereocenters. The lowest BCUT2D eigenvalue weighted by Crippen LogP contribution is -2.46. The summed E-state index contributed by atoms with van der Waals surface area (Å²) in [4.78, 5) is 21.6. The van der Waals surface area contributed by atoms with Crippen molar-refractivity contribution in [1.29, 1.82) is 0 Å². The molecule has 96 valence electrons. The molecule has 0 aliphatic rings. The Balaban J connectivity index is 0.000000419. The van der Waals surface area contributed by atoms with Crippen molar-refractivity contribution in [2.75, 3.05) is 0 Å². The SMILES string of the molecule is CCC(Br)(CC)C(=O)NC(N)=O.c1cn[nH]c1. The first-order valence-corrected chi connectivity index (χ1v) is 5.99. The van der Waals surface area contributed by atoms with Crippen LogP contribution in [0.2, 0.25) is 0 Å². The molecular weight excluding hydrogens is 288 g/mol. The smallest absolute Gasteiger partial charge is 0.318 e. The van der Waals surface area contributed by atoms with E-state index in [-0.39, 0.29) is 5.91 Å². The summed E-state index contributed by atoms with van der Waals surface area (Å²) in [5.74, 6) is -0.375. The first-order valence-electron chi connectivity index (χ1n) is 5.19. The van der Waals surface area contributed by atoms with Gasteiger partial charge in [0.15, 0.2) is 0 Å². The van der Waals surface area contributed by atoms with Crippen molar-refractivity contribution < 1.29 is 9.59 Å². The van der Waals surface area contributed by atoms with Gasteiger partial charge < -0.3 is 5.73 Å². The van der Waals surface area contributed by atoms with E-state index in [4.69, 9.17) is 5.73 Å². The molecule has 6 nitrogen and oxygen atoms in total. The van der Waals surface area contributed by atoms with E-state index in [1.807, 2.05) is 25.2 Å². The number of carbonyl (C=O) groups is 2. The highest BCUT2D eigenvalue weighted by molar-refractivity contribution is 9.10. The predicted octanol–water partition coefficient (Wildman–Crippen LogP) is 1.54. The molecule has 1 aromatic rings. The number of aromatic nitrogens is 2. The van der Waals surface area contributed by atoms with Crippen molar-refractivity contribution in [3.05, 3.63) is 18.5 Å². The summed E-state index contributed by atoms with van der Waals surface area (Å²) in [6, 6.07) is 1.02. The van der Waals surface area contributed by atoms with Gasteiger partial charge in [0, 0.05) is 12.4 Å². The van der Waals surface area contributed by atoms with Gasteiger partial charge in [-0.15, -0.1) is 0 Å². The largest absolute Gasteiger partial charge is 0.351 e. The average Bonchev–Trinajstić information content (AvgIpc) is 2.85. The van der Waals surface area contributed by atoms with Crippen LogP contribution in [0.3, 0.4) is 0 Å². The van der Waals surface area contributed by atoms with Crippen molar-refractivity contribution in [1.82, 2.24) is 15.5 Å². The molecule has 7 heteroatoms. The van der Waals surface area contributed by atoms with Crippen LogP contribution in [0.4, 0.5) is 4.79 Å². The number of nitrogens with zero attached hydrogens (tertiary/aromatic N) is 1. The third kappa shape index (κ3) is 6.06. The molecule has 0 saturated heterocycles. The molecule has 1 rings (SSSR count). The van der Waals surface area contributed by atoms with Crippen LogP contribution >= 0.6 is 15.9 Å². The molecule has 1 aromatic heterocycles. The van der Waals surface area contributed by atoms with E-state index in [0.717, 1.165) is 0 Å². The van der Waals surface area contributed by atoms with E-state index >= 15 is 0 Å². The van der Waals surface area contributed by atoms with Crippen molar-refractivity contribution in [2.45, 2.75) is 31.0 Å². The number of carbonyl (C=O) groups excluding carboxylic acids is 2. The Labute approximate surface area is 108 Å². The first-order chi connectivity index (χ1) is 7.96. The fourth-order valence-corrected chi connectivity index (χ4v) is 1.11. The van der Waals surface area contributed by atoms with E-state index in [0.29, 0.717) is 12.8 Å². The monoisotopic (exact) mass is 304 g/mol. The van der Waals surface area contributed by atoms with Gasteiger partial charge >= 0.3 is 6.03 Å². The van der Waals surface area contributed by atoms with Crippen molar-refractivity contribution in [3.63, 3.8) is 0 Å². The van der Waals surface area contributed by atoms with Crippen LogP contribution in [-0.4, -0.2) is 26.5 Å². The van der Waals surface area contributed by atoms with Crippen molar-refractivity contribution >= 4 is 27.9 Å². The van der Waals surface area contributed by atoms with Crippen molar-refractivity contribution in [2.24, 2.45) is 5.73 Å². The summed E-state index contributed by atoms with van der Waals surface area (Å²) < 4.78 is -0.665. The van der Waals surface area contributed by atoms with E-state index in [9.17, 15) is 9.59 Å². The van der Waals surface area contributed by atoms with E-state index in [1.54, 1.807) is 12.4 Å². The Kier molecular flexibility index (Phi) is 7.20. The summed E-state index contributed by atoms with van der Waals surface area (Å²) in [7, 11) is 0. The molecule has 0 saturated carbocycles. The van der Waals surface area contributed by atoms with E-state index < -0.39 is 10.4 Å². The van der Waals surface area contributed by atoms with Gasteiger partial charge in [-0.25, -0.2) is 4.79 Å². The number of rotatable bonds is 3. The lowest BCUT2D eigenvalue weighted by Gasteiger charge is -2.21. The maximum absolute atomic E-state index is 11.3. The molecule has 0 bridgehead atoms. The Bertz CT molecular complexity index is 319. The fourth-order valence-electron chi connectivity index (χ4n) is 1.01. The van der Waals surface area contributed by atoms with Crippen molar-refractivity contribution in [3.8, 4) is 0 Å². The number of aromatic amines is 1. The van der Waals surface area contributed by atoms with Crippen LogP contribution in [0, 0.1) is 0 Å². The number of alkyl halides is 1. The summed E-state index contributed by atoms with van der Waals surface area (Å²) >= 11 is 3.26. The summed E-state index contributed by atoms with van der Waals surface area (Å²) in [6.45, 7) is 3.72. The highest BCUT2D eigenvalue weighted by atomic mass is 79.9. The van der Waals surface area contributed by atoms with Gasteiger partial charge in [0.2, 0.25) is 5.91 Å². The molecule has 3 amide bonds. The van der Waals surface area contributed by atoms with Gasteiger partial charge in [0.05, 0.1) is 0 Å². The van der Waals surface area contributed by atoms with Gasteiger partial charge in [-0.2, -0.15) is 5.10 Å². The Hall–Kier alpha value is -1.37. The summed E-state index contributed by atoms with van der Waals surface area (Å²) in [6.07, 6.45) is 4.69. The maximum Gasteiger partial charge on any atom is 0.318 e. The highest BCUT2D eigenvalue weighted by Gasteiger charge is 2.32. The third-order valence-corrected chi connectivity index (χ3v) is 3.65. The molecule has 0 unspecified atom stereocenters. The maximum atomic E-state index is 11.3. The molecule has 0 aliphatic heterocycles. The first kappa shape index (κ1) is 15.6. The molecule has 17 heavy (non-hydrogen) atoms. The number of H-pyrrole nitrogens is 1. The quantitative estimate of drug-likeness (QED) is 0.738. The number of nitrogens with one attached hydrogen (secondary N) is 2. The van der Waals surface area contributed by atoms with Crippen LogP contribution in [0.25, 0.3) is 0 Å². The van der Waals surface area contributed by atoms with Gasteiger partial charge in [-0.3, -0.25) is 15.2 Å². The van der Waals surface area contributed by atoms with Crippen LogP contribution in [0.15, 0.2) is 18.5 Å². The van der Waals surface area contributed by atoms with Gasteiger partial charge in [0.1, 0.15) is 4.32 Å². The third-order valence-electron chi connectivity index (χ3n) is 2.17. The standard InChI is InChI=1S/C7H13BrN2O2.C3H4N2/c1-3-7(8,4-2)5(11)10-6(9)12;1-2-4-5-3-1/h3-4H2,1-2H3,(H3,9,10,11,12);1-3H,(H,4,5). The Morgan fingerprint density at radius 2 is 2.06 bits per heavy atom. The van der Waals surface area contributed by atoms with Crippen LogP contribution < -0.4 is 11.1 Å². The zero-order chi connectivity index (χ0) is 13.3. The second-order valence-electron chi connectivity index (χ2n) is 3.26. The number of imide groups is 1. The lowest BCUT2D eigenvalue weighted by molar-refractivity contribution is -0.122. The molecule has 0 aromatic carbocycles. The number of halogens is 1. The average molecular weight is 305 g/mol. The Morgan fingerprint density at radius 3 is 2.29 bits per heavy atom. The van der Waals surface area contributed by atoms with Gasteiger partial charge in [-0.1, -0.05) is 29.8 Å². The topological polar surface area (TPSA) is 101 Å². The molecular formula is C10H17BrN4O2. The lowest BCUT2D eigenvalue weighted by atomic mass is 10.0. The van der Waals surface area contributed by atoms with E-state index in [2.05, 4.69) is 26.1 Å². The minimum Gasteiger partial charge on any atom is -0.351 e. The van der Waals surface area contributed by atoms with Crippen LogP contribution in [0.5, 0.6) is 0 Å². The van der Waals surface area contributed by atoms with E-state index in [1.165, 1.54) is 0 Å². The normalized spacial score (nSPS) is 10.1. The number of urea groups is 1. The molecule has 0 spiro atoms. The minimum absolute atomic E-state index is 0.375. The number of hydrogen-bond donors (Lipinski definition) is 3. The van der Waals surface area contributed by atoms with Crippen LogP contribution in [-0.2, 0) is 4.79 Å². The molecule has 0 aliphatic carbocycles. The Morgan fingerprint density at radius 1 is 1.47 bits per heavy atom. The minimum atomic E-state index is -0.814. The van der Waals surface area contributed by atoms with Gasteiger partial charge in [0.25, 0.3) is 0 Å². The zero-order valence-corrected chi connectivity index (χ0v) is 11.5. The predicted molar refractivity (Wildman–Crippen MR) is 68.6 cm³/mol. The zero-order valence-electron chi connectivity index (χ0n) is 9.87. The highest BCUT2D eigenvalue weighted by Crippen LogP contribution is 2.26. The summed E-state index contributed by atoms with van der Waals surface area (Å²) in [5.41, 5.74) is 4.81.